The molecule has 0 bridgehead atoms. The fourth-order valence-corrected chi connectivity index (χ4v) is 2.03. The van der Waals surface area contributed by atoms with Gasteiger partial charge in [-0.3, -0.25) is 4.79 Å². The molecule has 0 fully saturated rings. The molecule has 0 saturated heterocycles. The summed E-state index contributed by atoms with van der Waals surface area (Å²) < 4.78 is 0. The van der Waals surface area contributed by atoms with Crippen LogP contribution in [0.25, 0.3) is 0 Å². The normalized spacial score (nSPS) is 14.1. The Balaban J connectivity index is 2.12. The third-order valence-corrected chi connectivity index (χ3v) is 2.90. The van der Waals surface area contributed by atoms with Crippen LogP contribution in [0.5, 0.6) is 0 Å². The predicted octanol–water partition coefficient (Wildman–Crippen LogP) is 1.70. The van der Waals surface area contributed by atoms with Gasteiger partial charge in [0.25, 0.3) is 0 Å². The molecule has 0 aromatic heterocycles. The number of likely N-dealkylation sites (N-methyl/N-ethyl adjacent to an activating group) is 1. The van der Waals surface area contributed by atoms with E-state index in [4.69, 9.17) is 5.11 Å². The van der Waals surface area contributed by atoms with Crippen molar-refractivity contribution >= 4 is 11.7 Å². The largest absolute Gasteiger partial charge is 0.481 e. The molecule has 1 N–H and O–H groups in total. The first kappa shape index (κ1) is 10.0. The molecule has 1 aromatic rings. The molecule has 0 atom stereocenters. The molecule has 0 aliphatic carbocycles. The third kappa shape index (κ3) is 2.12. The molecule has 0 saturated carbocycles. The second-order valence-corrected chi connectivity index (χ2v) is 4.03. The number of hydrogen-bond donors (Lipinski definition) is 1. The summed E-state index contributed by atoms with van der Waals surface area (Å²) in [6.07, 6.45) is 1.92. The van der Waals surface area contributed by atoms with Crippen molar-refractivity contribution in [3.63, 3.8) is 0 Å². The van der Waals surface area contributed by atoms with Crippen molar-refractivity contribution in [2.75, 3.05) is 18.5 Å². The third-order valence-electron chi connectivity index (χ3n) is 2.90. The van der Waals surface area contributed by atoms with Gasteiger partial charge in [-0.25, -0.2) is 0 Å². The lowest BCUT2D eigenvalue weighted by atomic mass is 10.0. The summed E-state index contributed by atoms with van der Waals surface area (Å²) in [6, 6.07) is 6.27. The number of aryl methyl sites for hydroxylation is 1. The lowest BCUT2D eigenvalue weighted by molar-refractivity contribution is -0.136. The number of anilines is 1. The number of fused-ring (bicyclic) bond motifs is 1. The second kappa shape index (κ2) is 3.93. The Hall–Kier alpha value is -1.51. The summed E-state index contributed by atoms with van der Waals surface area (Å²) in [6.45, 7) is 1.07. The fourth-order valence-electron chi connectivity index (χ4n) is 2.03. The van der Waals surface area contributed by atoms with Crippen molar-refractivity contribution < 1.29 is 9.90 Å². The molecule has 0 radical (unpaired) electrons. The van der Waals surface area contributed by atoms with Crippen molar-refractivity contribution in [3.05, 3.63) is 29.3 Å². The highest BCUT2D eigenvalue weighted by molar-refractivity contribution is 5.67. The van der Waals surface area contributed by atoms with Crippen LogP contribution in [0, 0.1) is 0 Å². The van der Waals surface area contributed by atoms with E-state index in [0.29, 0.717) is 6.42 Å². The van der Waals surface area contributed by atoms with E-state index in [0.717, 1.165) is 18.5 Å². The van der Waals surface area contributed by atoms with E-state index in [9.17, 15) is 4.79 Å². The molecule has 1 heterocycles. The number of carboxylic acid groups (broad SMARTS) is 1. The summed E-state index contributed by atoms with van der Waals surface area (Å²) >= 11 is 0. The Morgan fingerprint density at radius 3 is 3.07 bits per heavy atom. The molecular weight excluding hydrogens is 190 g/mol. The lowest BCUT2D eigenvalue weighted by Gasteiger charge is -2.11. The number of carbonyl (C=O) groups is 1. The maximum Gasteiger partial charge on any atom is 0.303 e. The van der Waals surface area contributed by atoms with Crippen molar-refractivity contribution in [3.8, 4) is 0 Å². The van der Waals surface area contributed by atoms with Gasteiger partial charge in [0, 0.05) is 25.7 Å². The first-order valence-electron chi connectivity index (χ1n) is 5.21. The van der Waals surface area contributed by atoms with Crippen molar-refractivity contribution in [2.24, 2.45) is 0 Å². The Labute approximate surface area is 89.3 Å². The highest BCUT2D eigenvalue weighted by atomic mass is 16.4. The van der Waals surface area contributed by atoms with Crippen LogP contribution in [0.1, 0.15) is 17.5 Å². The zero-order valence-electron chi connectivity index (χ0n) is 8.86. The summed E-state index contributed by atoms with van der Waals surface area (Å²) in [5.41, 5.74) is 3.76. The van der Waals surface area contributed by atoms with E-state index in [1.165, 1.54) is 11.3 Å². The standard InChI is InChI=1S/C12H15NO2/c1-13-7-6-10-8-9(2-4-11(10)13)3-5-12(14)15/h2,4,8H,3,5-7H2,1H3,(H,14,15). The summed E-state index contributed by atoms with van der Waals surface area (Å²) in [7, 11) is 2.09. The number of benzene rings is 1. The minimum absolute atomic E-state index is 0.217. The summed E-state index contributed by atoms with van der Waals surface area (Å²) in [5.74, 6) is -0.729. The molecule has 2 rings (SSSR count). The summed E-state index contributed by atoms with van der Waals surface area (Å²) in [4.78, 5) is 12.7. The maximum atomic E-state index is 10.5. The van der Waals surface area contributed by atoms with E-state index in [1.807, 2.05) is 6.07 Å². The van der Waals surface area contributed by atoms with Crippen LogP contribution in [0.4, 0.5) is 5.69 Å². The van der Waals surface area contributed by atoms with Crippen LogP contribution in [0.15, 0.2) is 18.2 Å². The zero-order valence-corrected chi connectivity index (χ0v) is 8.86. The molecule has 1 aliphatic heterocycles. The van der Waals surface area contributed by atoms with Gasteiger partial charge in [0.1, 0.15) is 0 Å². The van der Waals surface area contributed by atoms with Gasteiger partial charge in [-0.15, -0.1) is 0 Å². The molecule has 0 amide bonds. The van der Waals surface area contributed by atoms with Gasteiger partial charge in [-0.2, -0.15) is 0 Å². The topological polar surface area (TPSA) is 40.5 Å². The molecule has 80 valence electrons. The number of nitrogens with zero attached hydrogens (tertiary/aromatic N) is 1. The molecule has 1 aromatic carbocycles. The van der Waals surface area contributed by atoms with Crippen LogP contribution in [-0.4, -0.2) is 24.7 Å². The molecule has 0 unspecified atom stereocenters. The Bertz CT molecular complexity index is 387. The van der Waals surface area contributed by atoms with Gasteiger partial charge in [0.2, 0.25) is 0 Å². The van der Waals surface area contributed by atoms with Crippen LogP contribution in [0.2, 0.25) is 0 Å². The SMILES string of the molecule is CN1CCc2cc(CCC(=O)O)ccc21. The van der Waals surface area contributed by atoms with E-state index < -0.39 is 5.97 Å². The molecule has 1 aliphatic rings. The smallest absolute Gasteiger partial charge is 0.303 e. The van der Waals surface area contributed by atoms with Crippen LogP contribution >= 0.6 is 0 Å². The first-order valence-corrected chi connectivity index (χ1v) is 5.21. The molecular formula is C12H15NO2. The van der Waals surface area contributed by atoms with Gasteiger partial charge in [-0.05, 0) is 30.0 Å². The highest BCUT2D eigenvalue weighted by Crippen LogP contribution is 2.27. The number of aliphatic carboxylic acids is 1. The van der Waals surface area contributed by atoms with E-state index in [1.54, 1.807) is 0 Å². The molecule has 0 spiro atoms. The molecule has 3 nitrogen and oxygen atoms in total. The van der Waals surface area contributed by atoms with Gasteiger partial charge >= 0.3 is 5.97 Å². The number of carboxylic acids is 1. The van der Waals surface area contributed by atoms with Crippen molar-refractivity contribution in [1.29, 1.82) is 0 Å². The van der Waals surface area contributed by atoms with Crippen molar-refractivity contribution in [2.45, 2.75) is 19.3 Å². The monoisotopic (exact) mass is 205 g/mol. The quantitative estimate of drug-likeness (QED) is 0.816. The lowest BCUT2D eigenvalue weighted by Crippen LogP contribution is -2.12. The first-order chi connectivity index (χ1) is 7.16. The second-order valence-electron chi connectivity index (χ2n) is 4.03. The van der Waals surface area contributed by atoms with Gasteiger partial charge in [0.15, 0.2) is 0 Å². The predicted molar refractivity (Wildman–Crippen MR) is 59.4 cm³/mol. The molecule has 15 heavy (non-hydrogen) atoms. The average Bonchev–Trinajstić information content (AvgIpc) is 2.57. The van der Waals surface area contributed by atoms with E-state index >= 15 is 0 Å². The maximum absolute atomic E-state index is 10.5. The minimum Gasteiger partial charge on any atom is -0.481 e. The summed E-state index contributed by atoms with van der Waals surface area (Å²) in [5, 5.41) is 8.60. The zero-order chi connectivity index (χ0) is 10.8. The van der Waals surface area contributed by atoms with Crippen LogP contribution < -0.4 is 4.90 Å². The fraction of sp³-hybridized carbons (Fsp3) is 0.417. The Morgan fingerprint density at radius 2 is 2.33 bits per heavy atom. The van der Waals surface area contributed by atoms with Crippen LogP contribution in [0.3, 0.4) is 0 Å². The minimum atomic E-state index is -0.729. The average molecular weight is 205 g/mol. The molecule has 3 heteroatoms. The number of rotatable bonds is 3. The van der Waals surface area contributed by atoms with Crippen LogP contribution in [-0.2, 0) is 17.6 Å². The Morgan fingerprint density at radius 1 is 1.53 bits per heavy atom. The van der Waals surface area contributed by atoms with Crippen molar-refractivity contribution in [1.82, 2.24) is 0 Å². The van der Waals surface area contributed by atoms with Gasteiger partial charge in [0.05, 0.1) is 0 Å². The van der Waals surface area contributed by atoms with E-state index in [-0.39, 0.29) is 6.42 Å². The Kier molecular flexibility index (Phi) is 2.62. The van der Waals surface area contributed by atoms with Gasteiger partial charge in [-0.1, -0.05) is 12.1 Å². The van der Waals surface area contributed by atoms with Gasteiger partial charge < -0.3 is 10.0 Å². The van der Waals surface area contributed by atoms with E-state index in [2.05, 4.69) is 24.1 Å². The number of hydrogen-bond acceptors (Lipinski definition) is 2. The highest BCUT2D eigenvalue weighted by Gasteiger charge is 2.15.